The van der Waals surface area contributed by atoms with Gasteiger partial charge in [-0.3, -0.25) is 13.9 Å². The van der Waals surface area contributed by atoms with E-state index in [0.717, 1.165) is 22.0 Å². The molecule has 0 bridgehead atoms. The van der Waals surface area contributed by atoms with Gasteiger partial charge in [0.1, 0.15) is 24.2 Å². The highest BCUT2D eigenvalue weighted by Crippen LogP contribution is 2.27. The Morgan fingerprint density at radius 2 is 1.48 bits per heavy atom. The van der Waals surface area contributed by atoms with E-state index in [0.29, 0.717) is 16.3 Å². The lowest BCUT2D eigenvalue weighted by Gasteiger charge is -2.35. The summed E-state index contributed by atoms with van der Waals surface area (Å²) in [7, 11) is -2.88. The molecule has 0 aliphatic rings. The number of hydrogen-bond donors (Lipinski definition) is 1. The van der Waals surface area contributed by atoms with Gasteiger partial charge < -0.3 is 15.0 Å². The van der Waals surface area contributed by atoms with Gasteiger partial charge in [0.05, 0.1) is 17.7 Å². The first-order valence-electron chi connectivity index (χ1n) is 14.6. The van der Waals surface area contributed by atoms with Crippen LogP contribution in [-0.4, -0.2) is 50.4 Å². The summed E-state index contributed by atoms with van der Waals surface area (Å²) in [6.45, 7) is 4.85. The summed E-state index contributed by atoms with van der Waals surface area (Å²) in [4.78, 5) is 29.7. The first kappa shape index (κ1) is 34.5. The van der Waals surface area contributed by atoms with E-state index in [-0.39, 0.29) is 23.5 Å². The molecule has 2 amide bonds. The van der Waals surface area contributed by atoms with Crippen LogP contribution in [0.15, 0.2) is 108 Å². The molecule has 0 heterocycles. The van der Waals surface area contributed by atoms with Crippen LogP contribution in [0.5, 0.6) is 5.75 Å². The molecule has 242 valence electrons. The second-order valence-electron chi connectivity index (χ2n) is 11.8. The molecule has 46 heavy (non-hydrogen) atoms. The van der Waals surface area contributed by atoms with Gasteiger partial charge in [-0.05, 0) is 92.6 Å². The maximum atomic E-state index is 14.5. The molecule has 0 fully saturated rings. The predicted octanol–water partition coefficient (Wildman–Crippen LogP) is 6.24. The number of nitrogens with zero attached hydrogens (tertiary/aromatic N) is 2. The predicted molar refractivity (Wildman–Crippen MR) is 178 cm³/mol. The van der Waals surface area contributed by atoms with Crippen molar-refractivity contribution < 1.29 is 27.1 Å². The molecule has 1 N–H and O–H groups in total. The number of methoxy groups -OCH3 is 1. The summed E-state index contributed by atoms with van der Waals surface area (Å²) in [5, 5.41) is 3.49. The molecule has 4 rings (SSSR count). The lowest BCUT2D eigenvalue weighted by molar-refractivity contribution is -0.140. The molecule has 8 nitrogen and oxygen atoms in total. The fourth-order valence-corrected chi connectivity index (χ4v) is 6.34. The number of hydrogen-bond acceptors (Lipinski definition) is 5. The van der Waals surface area contributed by atoms with E-state index in [1.807, 2.05) is 51.1 Å². The zero-order valence-electron chi connectivity index (χ0n) is 26.1. The smallest absolute Gasteiger partial charge is 0.264 e. The van der Waals surface area contributed by atoms with Gasteiger partial charge in [0.25, 0.3) is 10.0 Å². The molecule has 0 aliphatic carbocycles. The van der Waals surface area contributed by atoms with E-state index < -0.39 is 45.8 Å². The number of nitrogens with one attached hydrogen (secondary N) is 1. The molecule has 0 saturated carbocycles. The van der Waals surface area contributed by atoms with E-state index >= 15 is 0 Å². The number of ether oxygens (including phenoxy) is 1. The van der Waals surface area contributed by atoms with Crippen molar-refractivity contribution in [1.29, 1.82) is 0 Å². The molecule has 0 unspecified atom stereocenters. The minimum absolute atomic E-state index is 0.00902. The Morgan fingerprint density at radius 3 is 2.04 bits per heavy atom. The number of benzene rings is 4. The second kappa shape index (κ2) is 14.8. The lowest BCUT2D eigenvalue weighted by atomic mass is 10.0. The van der Waals surface area contributed by atoms with Gasteiger partial charge in [-0.25, -0.2) is 12.8 Å². The molecule has 0 saturated heterocycles. The number of halogens is 2. The third kappa shape index (κ3) is 9.08. The van der Waals surface area contributed by atoms with Crippen molar-refractivity contribution >= 4 is 39.1 Å². The third-order valence-electron chi connectivity index (χ3n) is 7.08. The summed E-state index contributed by atoms with van der Waals surface area (Å²) in [6.07, 6.45) is 0.170. The van der Waals surface area contributed by atoms with Crippen molar-refractivity contribution in [2.24, 2.45) is 0 Å². The standard InChI is InChI=1S/C35H37ClFN3O5S/c1-35(2,3)38-34(42)32(22-25-8-6-5-7-9-25)39(23-26-10-12-27(36)13-11-26)33(41)24-40(29-16-14-28(37)15-17-29)46(43,44)31-20-18-30(45-4)19-21-31/h5-21,32H,22-24H2,1-4H3,(H,38,42)/t32-/m0/s1. The molecule has 0 spiro atoms. The van der Waals surface area contributed by atoms with Crippen LogP contribution in [0.25, 0.3) is 0 Å². The van der Waals surface area contributed by atoms with E-state index in [2.05, 4.69) is 5.32 Å². The Kier molecular flexibility index (Phi) is 11.1. The normalized spacial score (nSPS) is 12.2. The number of rotatable bonds is 12. The molecule has 0 aliphatic heterocycles. The minimum Gasteiger partial charge on any atom is -0.497 e. The zero-order valence-corrected chi connectivity index (χ0v) is 27.7. The maximum absolute atomic E-state index is 14.5. The van der Waals surface area contributed by atoms with Crippen molar-refractivity contribution in [3.63, 3.8) is 0 Å². The zero-order chi connectivity index (χ0) is 33.5. The van der Waals surface area contributed by atoms with Gasteiger partial charge >= 0.3 is 0 Å². The first-order chi connectivity index (χ1) is 21.8. The Morgan fingerprint density at radius 1 is 0.870 bits per heavy atom. The quantitative estimate of drug-likeness (QED) is 0.193. The lowest BCUT2D eigenvalue weighted by Crippen LogP contribution is -2.56. The number of anilines is 1. The van der Waals surface area contributed by atoms with Crippen LogP contribution in [0.1, 0.15) is 31.9 Å². The Hall–Kier alpha value is -4.41. The highest BCUT2D eigenvalue weighted by molar-refractivity contribution is 7.92. The molecular weight excluding hydrogens is 629 g/mol. The van der Waals surface area contributed by atoms with Gasteiger partial charge in [-0.1, -0.05) is 54.1 Å². The summed E-state index contributed by atoms with van der Waals surface area (Å²) in [6, 6.07) is 25.7. The van der Waals surface area contributed by atoms with Crippen molar-refractivity contribution in [3.8, 4) is 5.75 Å². The highest BCUT2D eigenvalue weighted by Gasteiger charge is 2.35. The van der Waals surface area contributed by atoms with Gasteiger partial charge in [-0.15, -0.1) is 0 Å². The minimum atomic E-state index is -4.34. The molecule has 4 aromatic carbocycles. The third-order valence-corrected chi connectivity index (χ3v) is 9.12. The molecule has 0 radical (unpaired) electrons. The SMILES string of the molecule is COc1ccc(S(=O)(=O)N(CC(=O)N(Cc2ccc(Cl)cc2)[C@@H](Cc2ccccc2)C(=O)NC(C)(C)C)c2ccc(F)cc2)cc1. The fraction of sp³-hybridized carbons (Fsp3) is 0.257. The number of sulfonamides is 1. The summed E-state index contributed by atoms with van der Waals surface area (Å²) in [5.74, 6) is -1.15. The first-order valence-corrected chi connectivity index (χ1v) is 16.4. The molecule has 1 atom stereocenters. The van der Waals surface area contributed by atoms with Gasteiger partial charge in [-0.2, -0.15) is 0 Å². The monoisotopic (exact) mass is 665 g/mol. The van der Waals surface area contributed by atoms with Crippen molar-refractivity contribution in [1.82, 2.24) is 10.2 Å². The van der Waals surface area contributed by atoms with Crippen molar-refractivity contribution in [3.05, 3.63) is 125 Å². The van der Waals surface area contributed by atoms with Gasteiger partial charge in [0.15, 0.2) is 0 Å². The summed E-state index contributed by atoms with van der Waals surface area (Å²) in [5.41, 5.74) is 0.965. The van der Waals surface area contributed by atoms with E-state index in [1.54, 1.807) is 24.3 Å². The molecule has 4 aromatic rings. The largest absolute Gasteiger partial charge is 0.497 e. The van der Waals surface area contributed by atoms with Crippen LogP contribution in [0.2, 0.25) is 5.02 Å². The molecule has 11 heteroatoms. The van der Waals surface area contributed by atoms with Crippen LogP contribution in [0.4, 0.5) is 10.1 Å². The topological polar surface area (TPSA) is 96.0 Å². The Bertz CT molecular complexity index is 1730. The number of carbonyl (C=O) groups excluding carboxylic acids is 2. The summed E-state index contributed by atoms with van der Waals surface area (Å²) < 4.78 is 48.2. The van der Waals surface area contributed by atoms with Crippen LogP contribution < -0.4 is 14.4 Å². The molecule has 0 aromatic heterocycles. The summed E-state index contributed by atoms with van der Waals surface area (Å²) >= 11 is 6.13. The van der Waals surface area contributed by atoms with Crippen LogP contribution in [-0.2, 0) is 32.6 Å². The van der Waals surface area contributed by atoms with Crippen molar-refractivity contribution in [2.45, 2.75) is 50.2 Å². The fourth-order valence-electron chi connectivity index (χ4n) is 4.80. The van der Waals surface area contributed by atoms with E-state index in [1.165, 1.54) is 48.4 Å². The van der Waals surface area contributed by atoms with Crippen LogP contribution >= 0.6 is 11.6 Å². The molecular formula is C35H37ClFN3O5S. The van der Waals surface area contributed by atoms with E-state index in [4.69, 9.17) is 16.3 Å². The Labute approximate surface area is 274 Å². The number of carbonyl (C=O) groups is 2. The number of amides is 2. The average Bonchev–Trinajstić information content (AvgIpc) is 3.02. The maximum Gasteiger partial charge on any atom is 0.264 e. The Balaban J connectivity index is 1.81. The highest BCUT2D eigenvalue weighted by atomic mass is 35.5. The van der Waals surface area contributed by atoms with E-state index in [9.17, 15) is 22.4 Å². The van der Waals surface area contributed by atoms with Gasteiger partial charge in [0, 0.05) is 23.5 Å². The van der Waals surface area contributed by atoms with Gasteiger partial charge in [0.2, 0.25) is 11.8 Å². The average molecular weight is 666 g/mol. The second-order valence-corrected chi connectivity index (χ2v) is 14.1. The van der Waals surface area contributed by atoms with Crippen LogP contribution in [0, 0.1) is 5.82 Å². The van der Waals surface area contributed by atoms with Crippen molar-refractivity contribution in [2.75, 3.05) is 18.0 Å². The van der Waals surface area contributed by atoms with Crippen LogP contribution in [0.3, 0.4) is 0 Å².